The standard InChI is InChI=1S/C17H28O7/c1-3-5-7-13(14(17(21)22)12-15(18)19)11-16(20)24-10-9-23-8-6-4-2/h3-12H2,1-2H3,(H,18,19)(H,21,22). The third kappa shape index (κ3) is 10.8. The molecule has 0 spiro atoms. The molecule has 7 heteroatoms. The number of carboxylic acids is 2. The van der Waals surface area contributed by atoms with Gasteiger partial charge in [-0.3, -0.25) is 9.59 Å². The summed E-state index contributed by atoms with van der Waals surface area (Å²) in [7, 11) is 0. The fourth-order valence-corrected chi connectivity index (χ4v) is 2.03. The molecule has 0 aromatic heterocycles. The van der Waals surface area contributed by atoms with Gasteiger partial charge in [0.1, 0.15) is 6.61 Å². The molecule has 0 unspecified atom stereocenters. The van der Waals surface area contributed by atoms with Gasteiger partial charge in [0.05, 0.1) is 19.4 Å². The molecule has 0 aliphatic carbocycles. The van der Waals surface area contributed by atoms with Crippen LogP contribution in [-0.4, -0.2) is 47.9 Å². The Balaban J connectivity index is 4.66. The van der Waals surface area contributed by atoms with Crippen molar-refractivity contribution in [3.8, 4) is 0 Å². The van der Waals surface area contributed by atoms with E-state index in [-0.39, 0.29) is 18.6 Å². The quantitative estimate of drug-likeness (QED) is 0.283. The van der Waals surface area contributed by atoms with E-state index in [1.54, 1.807) is 0 Å². The third-order valence-corrected chi connectivity index (χ3v) is 3.34. The van der Waals surface area contributed by atoms with Crippen LogP contribution in [0, 0.1) is 0 Å². The highest BCUT2D eigenvalue weighted by molar-refractivity contribution is 5.93. The van der Waals surface area contributed by atoms with Crippen LogP contribution in [0.3, 0.4) is 0 Å². The summed E-state index contributed by atoms with van der Waals surface area (Å²) in [5, 5.41) is 18.1. The van der Waals surface area contributed by atoms with E-state index in [4.69, 9.17) is 14.6 Å². The summed E-state index contributed by atoms with van der Waals surface area (Å²) >= 11 is 0. The molecule has 7 nitrogen and oxygen atoms in total. The highest BCUT2D eigenvalue weighted by Crippen LogP contribution is 2.20. The molecule has 2 N–H and O–H groups in total. The van der Waals surface area contributed by atoms with Crippen molar-refractivity contribution in [1.82, 2.24) is 0 Å². The zero-order chi connectivity index (χ0) is 18.4. The first kappa shape index (κ1) is 22.1. The zero-order valence-corrected chi connectivity index (χ0v) is 14.5. The number of carbonyl (C=O) groups excluding carboxylic acids is 1. The van der Waals surface area contributed by atoms with Gasteiger partial charge < -0.3 is 19.7 Å². The number of carboxylic acid groups (broad SMARTS) is 2. The number of hydrogen-bond donors (Lipinski definition) is 2. The second-order valence-corrected chi connectivity index (χ2v) is 5.42. The van der Waals surface area contributed by atoms with Crippen LogP contribution in [0.4, 0.5) is 0 Å². The molecule has 138 valence electrons. The van der Waals surface area contributed by atoms with Crippen molar-refractivity contribution in [3.05, 3.63) is 11.1 Å². The van der Waals surface area contributed by atoms with Crippen LogP contribution >= 0.6 is 0 Å². The topological polar surface area (TPSA) is 110 Å². The first-order valence-electron chi connectivity index (χ1n) is 8.31. The molecule has 0 atom stereocenters. The number of unbranched alkanes of at least 4 members (excludes halogenated alkanes) is 2. The average molecular weight is 344 g/mol. The van der Waals surface area contributed by atoms with Crippen LogP contribution in [0.1, 0.15) is 58.8 Å². The number of carbonyl (C=O) groups is 3. The van der Waals surface area contributed by atoms with Gasteiger partial charge in [-0.05, 0) is 24.8 Å². The maximum absolute atomic E-state index is 11.9. The molecular formula is C17H28O7. The summed E-state index contributed by atoms with van der Waals surface area (Å²) in [4.78, 5) is 34.0. The van der Waals surface area contributed by atoms with Crippen molar-refractivity contribution < 1.29 is 34.1 Å². The van der Waals surface area contributed by atoms with Crippen LogP contribution in [-0.2, 0) is 23.9 Å². The molecule has 0 amide bonds. The lowest BCUT2D eigenvalue weighted by atomic mass is 9.97. The van der Waals surface area contributed by atoms with Gasteiger partial charge in [0, 0.05) is 12.2 Å². The second-order valence-electron chi connectivity index (χ2n) is 5.42. The smallest absolute Gasteiger partial charge is 0.332 e. The Bertz CT molecular complexity index is 440. The highest BCUT2D eigenvalue weighted by Gasteiger charge is 2.20. The lowest BCUT2D eigenvalue weighted by Crippen LogP contribution is -2.15. The van der Waals surface area contributed by atoms with Gasteiger partial charge in [-0.2, -0.15) is 0 Å². The molecule has 0 saturated heterocycles. The van der Waals surface area contributed by atoms with E-state index in [0.29, 0.717) is 31.6 Å². The van der Waals surface area contributed by atoms with Gasteiger partial charge in [0.15, 0.2) is 0 Å². The second kappa shape index (κ2) is 13.5. The van der Waals surface area contributed by atoms with Gasteiger partial charge in [-0.15, -0.1) is 0 Å². The number of rotatable bonds is 14. The molecule has 0 aliphatic heterocycles. The molecule has 0 aromatic rings. The lowest BCUT2D eigenvalue weighted by Gasteiger charge is -2.12. The van der Waals surface area contributed by atoms with Gasteiger partial charge in [0.25, 0.3) is 0 Å². The van der Waals surface area contributed by atoms with Crippen LogP contribution in [0.5, 0.6) is 0 Å². The molecule has 0 rings (SSSR count). The predicted molar refractivity (Wildman–Crippen MR) is 87.7 cm³/mol. The van der Waals surface area contributed by atoms with Gasteiger partial charge in [-0.1, -0.05) is 26.7 Å². The minimum Gasteiger partial charge on any atom is -0.481 e. The van der Waals surface area contributed by atoms with Crippen LogP contribution < -0.4 is 0 Å². The van der Waals surface area contributed by atoms with Crippen LogP contribution in [0.15, 0.2) is 11.1 Å². The van der Waals surface area contributed by atoms with Crippen molar-refractivity contribution in [3.63, 3.8) is 0 Å². The van der Waals surface area contributed by atoms with E-state index in [2.05, 4.69) is 0 Å². The fourth-order valence-electron chi connectivity index (χ4n) is 2.03. The average Bonchev–Trinajstić information content (AvgIpc) is 2.52. The minimum absolute atomic E-state index is 0.102. The highest BCUT2D eigenvalue weighted by atomic mass is 16.6. The Morgan fingerprint density at radius 1 is 0.875 bits per heavy atom. The van der Waals surface area contributed by atoms with E-state index < -0.39 is 24.3 Å². The van der Waals surface area contributed by atoms with E-state index in [9.17, 15) is 19.5 Å². The molecule has 0 saturated carbocycles. The van der Waals surface area contributed by atoms with Crippen molar-refractivity contribution in [1.29, 1.82) is 0 Å². The van der Waals surface area contributed by atoms with Gasteiger partial charge in [-0.25, -0.2) is 4.79 Å². The number of ether oxygens (including phenoxy) is 2. The van der Waals surface area contributed by atoms with Crippen molar-refractivity contribution >= 4 is 17.9 Å². The monoisotopic (exact) mass is 344 g/mol. The number of hydrogen-bond acceptors (Lipinski definition) is 5. The van der Waals surface area contributed by atoms with Gasteiger partial charge in [0.2, 0.25) is 0 Å². The van der Waals surface area contributed by atoms with Crippen molar-refractivity contribution in [2.75, 3.05) is 19.8 Å². The zero-order valence-electron chi connectivity index (χ0n) is 14.5. The maximum atomic E-state index is 11.9. The molecule has 0 radical (unpaired) electrons. The molecule has 0 aliphatic rings. The van der Waals surface area contributed by atoms with Crippen molar-refractivity contribution in [2.24, 2.45) is 0 Å². The van der Waals surface area contributed by atoms with Gasteiger partial charge >= 0.3 is 17.9 Å². The first-order chi connectivity index (χ1) is 11.4. The summed E-state index contributed by atoms with van der Waals surface area (Å²) in [6, 6.07) is 0. The normalized spacial score (nSPS) is 11.8. The largest absolute Gasteiger partial charge is 0.481 e. The number of esters is 1. The molecule has 0 fully saturated rings. The maximum Gasteiger partial charge on any atom is 0.332 e. The summed E-state index contributed by atoms with van der Waals surface area (Å²) in [6.07, 6.45) is 3.00. The van der Waals surface area contributed by atoms with E-state index >= 15 is 0 Å². The summed E-state index contributed by atoms with van der Waals surface area (Å²) < 4.78 is 10.3. The Kier molecular flexibility index (Phi) is 12.5. The van der Waals surface area contributed by atoms with Crippen LogP contribution in [0.2, 0.25) is 0 Å². The Labute approximate surface area is 142 Å². The summed E-state index contributed by atoms with van der Waals surface area (Å²) in [5.74, 6) is -3.11. The molecule has 0 heterocycles. The first-order valence-corrected chi connectivity index (χ1v) is 8.31. The molecular weight excluding hydrogens is 316 g/mol. The Hall–Kier alpha value is -1.89. The van der Waals surface area contributed by atoms with Crippen molar-refractivity contribution in [2.45, 2.75) is 58.8 Å². The van der Waals surface area contributed by atoms with E-state index in [1.165, 1.54) is 0 Å². The summed E-state index contributed by atoms with van der Waals surface area (Å²) in [6.45, 7) is 4.98. The fraction of sp³-hybridized carbons (Fsp3) is 0.706. The van der Waals surface area contributed by atoms with E-state index in [0.717, 1.165) is 19.3 Å². The Morgan fingerprint density at radius 2 is 1.54 bits per heavy atom. The summed E-state index contributed by atoms with van der Waals surface area (Å²) in [5.41, 5.74) is 0.0933. The SMILES string of the molecule is CCCCOCCOC(=O)CC(CCCC)=C(CC(=O)O)C(=O)O. The predicted octanol–water partition coefficient (Wildman–Crippen LogP) is 2.78. The Morgan fingerprint density at radius 3 is 2.08 bits per heavy atom. The van der Waals surface area contributed by atoms with E-state index in [1.807, 2.05) is 13.8 Å². The minimum atomic E-state index is -1.31. The molecule has 24 heavy (non-hydrogen) atoms. The molecule has 0 aromatic carbocycles. The lowest BCUT2D eigenvalue weighted by molar-refractivity contribution is -0.144. The number of aliphatic carboxylic acids is 2. The van der Waals surface area contributed by atoms with Crippen LogP contribution in [0.25, 0.3) is 0 Å². The molecule has 0 bridgehead atoms. The third-order valence-electron chi connectivity index (χ3n) is 3.34.